The molecule has 0 spiro atoms. The molecule has 0 aliphatic carbocycles. The van der Waals surface area contributed by atoms with Crippen LogP contribution in [-0.2, 0) is 13.0 Å². The molecule has 0 fully saturated rings. The van der Waals surface area contributed by atoms with Gasteiger partial charge in [0.2, 0.25) is 0 Å². The van der Waals surface area contributed by atoms with E-state index in [2.05, 4.69) is 28.7 Å². The molecule has 0 aromatic carbocycles. The molecule has 1 atom stereocenters. The summed E-state index contributed by atoms with van der Waals surface area (Å²) in [4.78, 5) is 25.0. The van der Waals surface area contributed by atoms with Crippen LogP contribution in [0.3, 0.4) is 0 Å². The van der Waals surface area contributed by atoms with Gasteiger partial charge in [-0.25, -0.2) is 9.97 Å². The second-order valence-electron chi connectivity index (χ2n) is 6.10. The Bertz CT molecular complexity index is 680. The fraction of sp³-hybridized carbons (Fsp3) is 0.526. The van der Waals surface area contributed by atoms with Crippen molar-refractivity contribution in [2.24, 2.45) is 0 Å². The molecule has 6 nitrogen and oxygen atoms in total. The maximum atomic E-state index is 12.8. The van der Waals surface area contributed by atoms with Crippen LogP contribution >= 0.6 is 0 Å². The van der Waals surface area contributed by atoms with E-state index in [9.17, 15) is 4.79 Å². The van der Waals surface area contributed by atoms with Crippen molar-refractivity contribution in [3.63, 3.8) is 0 Å². The molecular formula is C19H28N4O2. The number of hydrogen-bond acceptors (Lipinski definition) is 5. The first-order valence-corrected chi connectivity index (χ1v) is 8.88. The van der Waals surface area contributed by atoms with E-state index in [-0.39, 0.29) is 11.9 Å². The van der Waals surface area contributed by atoms with Crippen molar-refractivity contribution in [1.82, 2.24) is 19.8 Å². The fourth-order valence-corrected chi connectivity index (χ4v) is 2.79. The maximum Gasteiger partial charge on any atom is 0.289 e. The Morgan fingerprint density at radius 3 is 2.56 bits per heavy atom. The third kappa shape index (κ3) is 4.45. The number of nitrogens with zero attached hydrogens (tertiary/aromatic N) is 4. The molecule has 6 heteroatoms. The first-order chi connectivity index (χ1) is 12.0. The molecule has 1 amide bonds. The Morgan fingerprint density at radius 1 is 1.28 bits per heavy atom. The molecule has 0 bridgehead atoms. The molecule has 1 unspecified atom stereocenters. The number of aryl methyl sites for hydroxylation is 1. The predicted molar refractivity (Wildman–Crippen MR) is 97.3 cm³/mol. The van der Waals surface area contributed by atoms with E-state index in [0.29, 0.717) is 5.76 Å². The molecule has 0 aliphatic rings. The van der Waals surface area contributed by atoms with Gasteiger partial charge in [-0.3, -0.25) is 9.69 Å². The summed E-state index contributed by atoms with van der Waals surface area (Å²) >= 11 is 0. The van der Waals surface area contributed by atoms with E-state index in [0.717, 1.165) is 43.1 Å². The highest BCUT2D eigenvalue weighted by atomic mass is 16.4. The van der Waals surface area contributed by atoms with Crippen LogP contribution in [0.4, 0.5) is 0 Å². The topological polar surface area (TPSA) is 62.5 Å². The second kappa shape index (κ2) is 8.76. The normalized spacial score (nSPS) is 12.4. The molecule has 0 radical (unpaired) electrons. The number of furan rings is 1. The summed E-state index contributed by atoms with van der Waals surface area (Å²) in [6.45, 7) is 11.0. The van der Waals surface area contributed by atoms with Gasteiger partial charge in [0, 0.05) is 31.8 Å². The minimum Gasteiger partial charge on any atom is -0.456 e. The zero-order chi connectivity index (χ0) is 18.4. The summed E-state index contributed by atoms with van der Waals surface area (Å²) in [5.74, 6) is 1.15. The number of aromatic nitrogens is 2. The number of hydrogen-bond donors (Lipinski definition) is 0. The lowest BCUT2D eigenvalue weighted by molar-refractivity contribution is 0.0705. The van der Waals surface area contributed by atoms with Gasteiger partial charge in [-0.05, 0) is 32.1 Å². The average Bonchev–Trinajstić information content (AvgIpc) is 3.07. The van der Waals surface area contributed by atoms with Gasteiger partial charge in [-0.1, -0.05) is 20.8 Å². The minimum absolute atomic E-state index is 0.133. The van der Waals surface area contributed by atoms with Crippen molar-refractivity contribution in [3.05, 3.63) is 47.4 Å². The highest BCUT2D eigenvalue weighted by molar-refractivity contribution is 5.91. The van der Waals surface area contributed by atoms with E-state index < -0.39 is 0 Å². The van der Waals surface area contributed by atoms with Gasteiger partial charge in [0.25, 0.3) is 5.91 Å². The van der Waals surface area contributed by atoms with Gasteiger partial charge in [0.15, 0.2) is 5.76 Å². The maximum absolute atomic E-state index is 12.8. The van der Waals surface area contributed by atoms with E-state index in [1.54, 1.807) is 18.1 Å². The van der Waals surface area contributed by atoms with Crippen LogP contribution in [0.2, 0.25) is 0 Å². The quantitative estimate of drug-likeness (QED) is 0.735. The van der Waals surface area contributed by atoms with Crippen molar-refractivity contribution >= 4 is 5.91 Å². The molecule has 2 aromatic rings. The Labute approximate surface area is 149 Å². The van der Waals surface area contributed by atoms with Gasteiger partial charge >= 0.3 is 0 Å². The first-order valence-electron chi connectivity index (χ1n) is 8.88. The smallest absolute Gasteiger partial charge is 0.289 e. The van der Waals surface area contributed by atoms with Crippen molar-refractivity contribution in [3.8, 4) is 0 Å². The van der Waals surface area contributed by atoms with E-state index in [4.69, 9.17) is 4.42 Å². The van der Waals surface area contributed by atoms with E-state index >= 15 is 0 Å². The van der Waals surface area contributed by atoms with Crippen molar-refractivity contribution in [1.29, 1.82) is 0 Å². The number of rotatable bonds is 8. The Morgan fingerprint density at radius 2 is 2.00 bits per heavy atom. The van der Waals surface area contributed by atoms with Gasteiger partial charge in [-0.15, -0.1) is 0 Å². The van der Waals surface area contributed by atoms with E-state index in [1.165, 1.54) is 6.33 Å². The molecule has 2 rings (SSSR count). The van der Waals surface area contributed by atoms with Crippen LogP contribution in [0.25, 0.3) is 0 Å². The zero-order valence-corrected chi connectivity index (χ0v) is 15.8. The fourth-order valence-electron chi connectivity index (χ4n) is 2.79. The van der Waals surface area contributed by atoms with Gasteiger partial charge in [-0.2, -0.15) is 0 Å². The summed E-state index contributed by atoms with van der Waals surface area (Å²) in [7, 11) is 1.77. The van der Waals surface area contributed by atoms with Crippen LogP contribution in [0.5, 0.6) is 0 Å². The standard InChI is InChI=1S/C19H28N4O2/c1-6-17-15(12-23(7-2)8-3)11-18(25-17)19(24)22(5)14(4)16-9-10-20-13-21-16/h9-11,13-14H,6-8,12H2,1-5H3. The average molecular weight is 344 g/mol. The number of amides is 1. The van der Waals surface area contributed by atoms with Crippen molar-refractivity contribution < 1.29 is 9.21 Å². The molecule has 25 heavy (non-hydrogen) atoms. The summed E-state index contributed by atoms with van der Waals surface area (Å²) in [6, 6.07) is 3.56. The molecule has 136 valence electrons. The molecule has 0 saturated carbocycles. The molecule has 0 saturated heterocycles. The summed E-state index contributed by atoms with van der Waals surface area (Å²) in [6.07, 6.45) is 3.95. The first kappa shape index (κ1) is 19.1. The molecule has 0 N–H and O–H groups in total. The highest BCUT2D eigenvalue weighted by Crippen LogP contribution is 2.23. The van der Waals surface area contributed by atoms with Crippen LogP contribution in [0.15, 0.2) is 29.1 Å². The largest absolute Gasteiger partial charge is 0.456 e. The SMILES string of the molecule is CCc1oc(C(=O)N(C)C(C)c2ccncn2)cc1CN(CC)CC. The lowest BCUT2D eigenvalue weighted by Crippen LogP contribution is -2.30. The number of carbonyl (C=O) groups excluding carboxylic acids is 1. The summed E-state index contributed by atoms with van der Waals surface area (Å²) in [5, 5.41) is 0. The minimum atomic E-state index is -0.156. The van der Waals surface area contributed by atoms with E-state index in [1.807, 2.05) is 26.0 Å². The van der Waals surface area contributed by atoms with Crippen LogP contribution in [0, 0.1) is 0 Å². The Balaban J connectivity index is 2.19. The molecule has 2 heterocycles. The predicted octanol–water partition coefficient (Wildman–Crippen LogP) is 3.31. The zero-order valence-electron chi connectivity index (χ0n) is 15.8. The second-order valence-corrected chi connectivity index (χ2v) is 6.10. The third-order valence-electron chi connectivity index (χ3n) is 4.65. The van der Waals surface area contributed by atoms with Gasteiger partial charge in [0.1, 0.15) is 12.1 Å². The lowest BCUT2D eigenvalue weighted by Gasteiger charge is -2.23. The van der Waals surface area contributed by atoms with Gasteiger partial charge in [0.05, 0.1) is 11.7 Å². The molecule has 0 aliphatic heterocycles. The van der Waals surface area contributed by atoms with Crippen LogP contribution < -0.4 is 0 Å². The summed E-state index contributed by atoms with van der Waals surface area (Å²) < 4.78 is 5.87. The molecule has 2 aromatic heterocycles. The lowest BCUT2D eigenvalue weighted by atomic mass is 10.1. The number of carbonyl (C=O) groups is 1. The van der Waals surface area contributed by atoms with Crippen LogP contribution in [-0.4, -0.2) is 45.8 Å². The van der Waals surface area contributed by atoms with Crippen molar-refractivity contribution in [2.75, 3.05) is 20.1 Å². The van der Waals surface area contributed by atoms with Crippen molar-refractivity contribution in [2.45, 2.75) is 46.7 Å². The third-order valence-corrected chi connectivity index (χ3v) is 4.65. The monoisotopic (exact) mass is 344 g/mol. The van der Waals surface area contributed by atoms with Crippen LogP contribution in [0.1, 0.15) is 61.3 Å². The highest BCUT2D eigenvalue weighted by Gasteiger charge is 2.24. The molecular weight excluding hydrogens is 316 g/mol. The van der Waals surface area contributed by atoms with Gasteiger partial charge < -0.3 is 9.32 Å². The summed E-state index contributed by atoms with van der Waals surface area (Å²) in [5.41, 5.74) is 1.90. The Kier molecular flexibility index (Phi) is 6.70. The Hall–Kier alpha value is -2.21.